The number of esters is 1. The van der Waals surface area contributed by atoms with Gasteiger partial charge in [0.25, 0.3) is 5.56 Å². The summed E-state index contributed by atoms with van der Waals surface area (Å²) in [5.74, 6) is -1.02. The van der Waals surface area contributed by atoms with Crippen molar-refractivity contribution >= 4 is 28.6 Å². The number of rotatable bonds is 5. The highest BCUT2D eigenvalue weighted by atomic mass is 35.5. The predicted octanol–water partition coefficient (Wildman–Crippen LogP) is 3.09. The van der Waals surface area contributed by atoms with Crippen molar-refractivity contribution in [2.24, 2.45) is 14.1 Å². The highest BCUT2D eigenvalue weighted by Crippen LogP contribution is 2.36. The molecule has 4 rings (SSSR count). The second-order valence-corrected chi connectivity index (χ2v) is 8.54. The Morgan fingerprint density at radius 2 is 1.68 bits per heavy atom. The number of carbonyl (C=O) groups is 1. The van der Waals surface area contributed by atoms with Crippen molar-refractivity contribution in [1.29, 1.82) is 0 Å². The molecule has 0 aliphatic rings. The van der Waals surface area contributed by atoms with Crippen molar-refractivity contribution in [2.75, 3.05) is 6.61 Å². The first kappa shape index (κ1) is 26.0. The third-order valence-corrected chi connectivity index (χ3v) is 6.36. The highest BCUT2D eigenvalue weighted by Gasteiger charge is 2.34. The van der Waals surface area contributed by atoms with E-state index in [1.165, 1.54) is 41.3 Å². The Bertz CT molecular complexity index is 1730. The first-order valence-corrected chi connectivity index (χ1v) is 11.3. The highest BCUT2D eigenvalue weighted by molar-refractivity contribution is 6.32. The van der Waals surface area contributed by atoms with Crippen molar-refractivity contribution in [3.8, 4) is 5.69 Å². The van der Waals surface area contributed by atoms with E-state index < -0.39 is 46.1 Å². The van der Waals surface area contributed by atoms with Gasteiger partial charge in [-0.15, -0.1) is 0 Å². The molecule has 0 spiro atoms. The van der Waals surface area contributed by atoms with Gasteiger partial charge in [-0.2, -0.15) is 13.2 Å². The predicted molar refractivity (Wildman–Crippen MR) is 130 cm³/mol. The van der Waals surface area contributed by atoms with E-state index in [4.69, 9.17) is 16.3 Å². The number of ether oxygens (including phenoxy) is 1. The van der Waals surface area contributed by atoms with Crippen molar-refractivity contribution in [1.82, 2.24) is 18.3 Å². The van der Waals surface area contributed by atoms with Crippen LogP contribution in [0.15, 0.2) is 57.0 Å². The minimum Gasteiger partial charge on any atom is -0.462 e. The van der Waals surface area contributed by atoms with Crippen molar-refractivity contribution in [3.05, 3.63) is 95.6 Å². The second kappa shape index (κ2) is 9.43. The maximum absolute atomic E-state index is 13.4. The second-order valence-electron chi connectivity index (χ2n) is 8.16. The molecule has 4 aromatic rings. The van der Waals surface area contributed by atoms with Gasteiger partial charge in [-0.25, -0.2) is 14.4 Å². The molecule has 0 unspecified atom stereocenters. The maximum atomic E-state index is 13.4. The molecule has 0 aliphatic heterocycles. The molecule has 9 nitrogen and oxygen atoms in total. The van der Waals surface area contributed by atoms with Gasteiger partial charge in [0.2, 0.25) is 0 Å². The quantitative estimate of drug-likeness (QED) is 0.365. The zero-order valence-electron chi connectivity index (χ0n) is 19.8. The van der Waals surface area contributed by atoms with Crippen LogP contribution in [-0.4, -0.2) is 30.8 Å². The zero-order chi connectivity index (χ0) is 27.2. The Morgan fingerprint density at radius 3 is 2.32 bits per heavy atom. The first-order valence-electron chi connectivity index (χ1n) is 10.9. The normalized spacial score (nSPS) is 11.8. The van der Waals surface area contributed by atoms with Crippen molar-refractivity contribution in [3.63, 3.8) is 0 Å². The van der Waals surface area contributed by atoms with Gasteiger partial charge in [-0.1, -0.05) is 23.7 Å². The van der Waals surface area contributed by atoms with Crippen LogP contribution < -0.4 is 16.9 Å². The molecule has 0 saturated carbocycles. The van der Waals surface area contributed by atoms with Gasteiger partial charge in [0.05, 0.1) is 40.5 Å². The standard InChI is InChI=1S/C24H20ClF3N4O5/c1-4-37-21(34)15-12-31(14-8-9-17-18(10-14)30(3)22(35)29(17)2)23(36)32(20(15)33)11-13-6-5-7-16(19(13)25)24(26,27)28/h5-10,12H,4,11H2,1-3H3. The number of halogens is 4. The fourth-order valence-electron chi connectivity index (χ4n) is 4.01. The number of alkyl halides is 3. The van der Waals surface area contributed by atoms with Crippen LogP contribution in [0.2, 0.25) is 5.02 Å². The summed E-state index contributed by atoms with van der Waals surface area (Å²) < 4.78 is 49.4. The Labute approximate surface area is 211 Å². The van der Waals surface area contributed by atoms with Gasteiger partial charge >= 0.3 is 23.5 Å². The fourth-order valence-corrected chi connectivity index (χ4v) is 4.30. The third-order valence-electron chi connectivity index (χ3n) is 5.91. The summed E-state index contributed by atoms with van der Waals surface area (Å²) in [5.41, 5.74) is -2.85. The maximum Gasteiger partial charge on any atom is 0.417 e. The Hall–Kier alpha value is -4.06. The van der Waals surface area contributed by atoms with Crippen molar-refractivity contribution in [2.45, 2.75) is 19.6 Å². The van der Waals surface area contributed by atoms with E-state index in [0.717, 1.165) is 22.9 Å². The molecule has 0 saturated heterocycles. The van der Waals surface area contributed by atoms with E-state index in [1.54, 1.807) is 13.1 Å². The van der Waals surface area contributed by atoms with Crippen LogP contribution in [-0.2, 0) is 31.6 Å². The van der Waals surface area contributed by atoms with Gasteiger partial charge in [-0.05, 0) is 36.8 Å². The summed E-state index contributed by atoms with van der Waals surface area (Å²) in [5, 5.41) is -0.671. The zero-order valence-corrected chi connectivity index (χ0v) is 20.6. The molecule has 13 heteroatoms. The number of fused-ring (bicyclic) bond motifs is 1. The lowest BCUT2D eigenvalue weighted by molar-refractivity contribution is -0.137. The molecule has 2 aromatic heterocycles. The van der Waals surface area contributed by atoms with Crippen LogP contribution in [0.4, 0.5) is 13.2 Å². The smallest absolute Gasteiger partial charge is 0.417 e. The van der Waals surface area contributed by atoms with E-state index >= 15 is 0 Å². The summed E-state index contributed by atoms with van der Waals surface area (Å²) in [4.78, 5) is 51.5. The molecule has 0 amide bonds. The number of nitrogens with zero attached hydrogens (tertiary/aromatic N) is 4. The minimum atomic E-state index is -4.76. The van der Waals surface area contributed by atoms with Crippen LogP contribution >= 0.6 is 11.6 Å². The largest absolute Gasteiger partial charge is 0.462 e. The molecule has 2 aromatic carbocycles. The SMILES string of the molecule is CCOC(=O)c1cn(-c2ccc3c(c2)n(C)c(=O)n3C)c(=O)n(Cc2cccc(C(F)(F)F)c2Cl)c1=O. The van der Waals surface area contributed by atoms with E-state index in [9.17, 15) is 32.3 Å². The molecule has 0 radical (unpaired) electrons. The van der Waals surface area contributed by atoms with Crippen LogP contribution in [0, 0.1) is 0 Å². The number of aromatic nitrogens is 4. The molecule has 0 atom stereocenters. The average molecular weight is 537 g/mol. The van der Waals surface area contributed by atoms with Crippen LogP contribution in [0.5, 0.6) is 0 Å². The van der Waals surface area contributed by atoms with Crippen LogP contribution in [0.3, 0.4) is 0 Å². The van der Waals surface area contributed by atoms with E-state index in [-0.39, 0.29) is 23.5 Å². The Morgan fingerprint density at radius 1 is 1.00 bits per heavy atom. The summed E-state index contributed by atoms with van der Waals surface area (Å²) in [6.45, 7) is 0.827. The molecule has 0 N–H and O–H groups in total. The van der Waals surface area contributed by atoms with E-state index in [2.05, 4.69) is 0 Å². The van der Waals surface area contributed by atoms with Gasteiger partial charge in [0.15, 0.2) is 0 Å². The number of imidazole rings is 1. The fraction of sp³-hybridized carbons (Fsp3) is 0.250. The molecule has 0 aliphatic carbocycles. The summed E-state index contributed by atoms with van der Waals surface area (Å²) in [7, 11) is 3.12. The molecule has 0 fully saturated rings. The number of aryl methyl sites for hydroxylation is 2. The lowest BCUT2D eigenvalue weighted by Gasteiger charge is -2.15. The van der Waals surface area contributed by atoms with E-state index in [1.807, 2.05) is 0 Å². The Kier molecular flexibility index (Phi) is 6.63. The minimum absolute atomic E-state index is 0.0606. The third kappa shape index (κ3) is 4.48. The average Bonchev–Trinajstić information content (AvgIpc) is 3.05. The van der Waals surface area contributed by atoms with Crippen molar-refractivity contribution < 1.29 is 22.7 Å². The summed E-state index contributed by atoms with van der Waals surface area (Å²) >= 11 is 5.99. The number of carbonyl (C=O) groups excluding carboxylic acids is 1. The first-order chi connectivity index (χ1) is 17.4. The molecule has 2 heterocycles. The molecular formula is C24H20ClF3N4O5. The molecule has 0 bridgehead atoms. The lowest BCUT2D eigenvalue weighted by atomic mass is 10.1. The summed E-state index contributed by atoms with van der Waals surface area (Å²) in [6, 6.07) is 7.73. The summed E-state index contributed by atoms with van der Waals surface area (Å²) in [6.07, 6.45) is -3.75. The number of hydrogen-bond donors (Lipinski definition) is 0. The van der Waals surface area contributed by atoms with Gasteiger partial charge < -0.3 is 4.74 Å². The monoisotopic (exact) mass is 536 g/mol. The number of benzene rings is 2. The van der Waals surface area contributed by atoms with E-state index in [0.29, 0.717) is 15.6 Å². The Balaban J connectivity index is 1.97. The van der Waals surface area contributed by atoms with Crippen LogP contribution in [0.25, 0.3) is 16.7 Å². The number of hydrogen-bond acceptors (Lipinski definition) is 5. The molecule has 37 heavy (non-hydrogen) atoms. The lowest BCUT2D eigenvalue weighted by Crippen LogP contribution is -2.42. The topological polar surface area (TPSA) is 97.2 Å². The molecular weight excluding hydrogens is 517 g/mol. The van der Waals surface area contributed by atoms with Gasteiger partial charge in [-0.3, -0.25) is 23.1 Å². The van der Waals surface area contributed by atoms with Gasteiger partial charge in [0, 0.05) is 20.3 Å². The van der Waals surface area contributed by atoms with Crippen LogP contribution in [0.1, 0.15) is 28.4 Å². The molecule has 194 valence electrons. The van der Waals surface area contributed by atoms with Gasteiger partial charge in [0.1, 0.15) is 5.56 Å².